The van der Waals surface area contributed by atoms with E-state index in [9.17, 15) is 4.79 Å². The average molecular weight is 555 g/mol. The van der Waals surface area contributed by atoms with Gasteiger partial charge in [0.25, 0.3) is 0 Å². The first-order valence-corrected chi connectivity index (χ1v) is 13.2. The summed E-state index contributed by atoms with van der Waals surface area (Å²) >= 11 is 12.3. The van der Waals surface area contributed by atoms with E-state index in [0.29, 0.717) is 23.1 Å². The van der Waals surface area contributed by atoms with Crippen LogP contribution in [-0.2, 0) is 11.4 Å². The van der Waals surface area contributed by atoms with Gasteiger partial charge in [-0.2, -0.15) is 0 Å². The molecule has 202 valence electrons. The fraction of sp³-hybridized carbons (Fsp3) is 0.250. The van der Waals surface area contributed by atoms with E-state index in [-0.39, 0.29) is 5.71 Å². The number of aliphatic imine (C=N–C) groups is 1. The van der Waals surface area contributed by atoms with Crippen LogP contribution in [0.4, 0.5) is 0 Å². The van der Waals surface area contributed by atoms with Crippen LogP contribution >= 0.6 is 23.2 Å². The molecule has 0 saturated heterocycles. The standard InChI is InChI=1S/C24H20Cl2O.C5H9NO2.C3H8/c1-17(21-13-12-20(25)15-23(21)26)14-18(2)22-10-6-7-11-24(22)27-16-19-8-4-3-5-9-19;1-3-4(6-2)5(7)8;1-3-2/h3-15H,1,16H2,2H3;3H2,1-2H3,(H,7,8);3H2,1-2H3/b18-14+;;. The summed E-state index contributed by atoms with van der Waals surface area (Å²) in [4.78, 5) is 13.6. The first-order valence-electron chi connectivity index (χ1n) is 12.5. The van der Waals surface area contributed by atoms with Crippen molar-refractivity contribution in [3.8, 4) is 5.75 Å². The van der Waals surface area contributed by atoms with E-state index >= 15 is 0 Å². The van der Waals surface area contributed by atoms with Crippen molar-refractivity contribution < 1.29 is 14.6 Å². The third-order valence-electron chi connectivity index (χ3n) is 5.07. The highest BCUT2D eigenvalue weighted by Gasteiger charge is 2.08. The minimum atomic E-state index is -0.921. The van der Waals surface area contributed by atoms with Gasteiger partial charge in [-0.3, -0.25) is 4.99 Å². The minimum absolute atomic E-state index is 0.227. The number of allylic oxidation sites excluding steroid dienone is 3. The molecule has 1 N–H and O–H groups in total. The summed E-state index contributed by atoms with van der Waals surface area (Å²) < 4.78 is 6.06. The van der Waals surface area contributed by atoms with Gasteiger partial charge in [0.2, 0.25) is 0 Å². The largest absolute Gasteiger partial charge is 0.488 e. The van der Waals surface area contributed by atoms with E-state index in [0.717, 1.165) is 33.6 Å². The second-order valence-electron chi connectivity index (χ2n) is 8.28. The summed E-state index contributed by atoms with van der Waals surface area (Å²) in [6, 6.07) is 23.5. The van der Waals surface area contributed by atoms with Crippen molar-refractivity contribution in [1.82, 2.24) is 0 Å². The Bertz CT molecular complexity index is 1230. The topological polar surface area (TPSA) is 58.9 Å². The Morgan fingerprint density at radius 3 is 2.11 bits per heavy atom. The van der Waals surface area contributed by atoms with Gasteiger partial charge in [0.1, 0.15) is 18.1 Å². The Labute approximate surface area is 237 Å². The number of halogens is 2. The zero-order valence-electron chi connectivity index (χ0n) is 22.8. The van der Waals surface area contributed by atoms with Crippen LogP contribution in [0, 0.1) is 0 Å². The highest BCUT2D eigenvalue weighted by molar-refractivity contribution is 6.36. The molecule has 0 unspecified atom stereocenters. The van der Waals surface area contributed by atoms with E-state index in [2.05, 4.69) is 37.6 Å². The highest BCUT2D eigenvalue weighted by Crippen LogP contribution is 2.31. The van der Waals surface area contributed by atoms with Crippen molar-refractivity contribution >= 4 is 46.0 Å². The average Bonchev–Trinajstić information content (AvgIpc) is 2.89. The molecule has 0 bridgehead atoms. The molecule has 38 heavy (non-hydrogen) atoms. The van der Waals surface area contributed by atoms with Gasteiger partial charge in [-0.15, -0.1) is 0 Å². The Balaban J connectivity index is 0.000000556. The van der Waals surface area contributed by atoms with Crippen molar-refractivity contribution in [2.45, 2.75) is 47.1 Å². The summed E-state index contributed by atoms with van der Waals surface area (Å²) in [6.07, 6.45) is 3.76. The van der Waals surface area contributed by atoms with Gasteiger partial charge in [0.05, 0.1) is 0 Å². The SMILES string of the molecule is C=C(/C=C(\C)c1ccccc1OCc1ccccc1)c1ccc(Cl)cc1Cl.CCC.CCC(=NC)C(=O)O. The molecule has 0 fully saturated rings. The molecule has 3 rings (SSSR count). The number of carbonyl (C=O) groups is 1. The minimum Gasteiger partial charge on any atom is -0.488 e. The predicted molar refractivity (Wildman–Crippen MR) is 164 cm³/mol. The van der Waals surface area contributed by atoms with Gasteiger partial charge in [0, 0.05) is 22.7 Å². The lowest BCUT2D eigenvalue weighted by Gasteiger charge is -2.13. The summed E-state index contributed by atoms with van der Waals surface area (Å²) in [7, 11) is 1.48. The first-order chi connectivity index (χ1) is 18.2. The normalized spacial score (nSPS) is 10.9. The fourth-order valence-corrected chi connectivity index (χ4v) is 3.76. The van der Waals surface area contributed by atoms with Crippen LogP contribution in [0.2, 0.25) is 10.0 Å². The van der Waals surface area contributed by atoms with Crippen LogP contribution < -0.4 is 4.74 Å². The predicted octanol–water partition coefficient (Wildman–Crippen LogP) is 9.66. The summed E-state index contributed by atoms with van der Waals surface area (Å²) in [5, 5.41) is 9.44. The van der Waals surface area contributed by atoms with Gasteiger partial charge in [-0.05, 0) is 53.8 Å². The van der Waals surface area contributed by atoms with Crippen LogP contribution in [0.1, 0.15) is 57.2 Å². The van der Waals surface area contributed by atoms with E-state index in [4.69, 9.17) is 33.0 Å². The second-order valence-corrected chi connectivity index (χ2v) is 9.13. The Morgan fingerprint density at radius 2 is 1.58 bits per heavy atom. The number of hydrogen-bond donors (Lipinski definition) is 1. The van der Waals surface area contributed by atoms with Gasteiger partial charge in [-0.25, -0.2) is 4.79 Å². The van der Waals surface area contributed by atoms with Crippen LogP contribution in [0.25, 0.3) is 11.1 Å². The smallest absolute Gasteiger partial charge is 0.349 e. The van der Waals surface area contributed by atoms with Crippen LogP contribution in [-0.4, -0.2) is 23.8 Å². The molecule has 4 nitrogen and oxygen atoms in total. The second kappa shape index (κ2) is 18.0. The molecule has 0 aliphatic heterocycles. The first kappa shape index (κ1) is 32.7. The molecule has 6 heteroatoms. The molecule has 0 atom stereocenters. The maximum atomic E-state index is 10.0. The number of para-hydroxylation sites is 1. The quantitative estimate of drug-likeness (QED) is 0.223. The van der Waals surface area contributed by atoms with Crippen molar-refractivity contribution in [1.29, 1.82) is 0 Å². The molecule has 0 heterocycles. The Morgan fingerprint density at radius 1 is 0.974 bits per heavy atom. The molecular weight excluding hydrogens is 517 g/mol. The lowest BCUT2D eigenvalue weighted by Crippen LogP contribution is -2.10. The molecule has 0 aromatic heterocycles. The molecule has 3 aromatic carbocycles. The number of carboxylic acid groups (broad SMARTS) is 1. The molecule has 0 spiro atoms. The third-order valence-corrected chi connectivity index (χ3v) is 5.62. The Hall–Kier alpha value is -3.34. The Kier molecular flexibility index (Phi) is 15.5. The lowest BCUT2D eigenvalue weighted by molar-refractivity contribution is -0.129. The zero-order chi connectivity index (χ0) is 28.5. The number of hydrogen-bond acceptors (Lipinski definition) is 3. The molecule has 3 aromatic rings. The maximum Gasteiger partial charge on any atom is 0.349 e. The summed E-state index contributed by atoms with van der Waals surface area (Å²) in [6.45, 7) is 12.7. The summed E-state index contributed by atoms with van der Waals surface area (Å²) in [5.74, 6) is -0.0832. The number of aliphatic carboxylic acids is 1. The van der Waals surface area contributed by atoms with Crippen molar-refractivity contribution in [2.75, 3.05) is 7.05 Å². The van der Waals surface area contributed by atoms with E-state index in [1.54, 1.807) is 13.0 Å². The molecule has 0 radical (unpaired) electrons. The molecular formula is C32H37Cl2NO3. The lowest BCUT2D eigenvalue weighted by atomic mass is 10.0. The van der Waals surface area contributed by atoms with Gasteiger partial charge >= 0.3 is 5.97 Å². The molecule has 0 amide bonds. The van der Waals surface area contributed by atoms with E-state index in [1.165, 1.54) is 13.5 Å². The number of carboxylic acids is 1. The zero-order valence-corrected chi connectivity index (χ0v) is 24.3. The van der Waals surface area contributed by atoms with Gasteiger partial charge in [0.15, 0.2) is 0 Å². The van der Waals surface area contributed by atoms with Crippen LogP contribution in [0.5, 0.6) is 5.75 Å². The number of nitrogens with zero attached hydrogens (tertiary/aromatic N) is 1. The monoisotopic (exact) mass is 553 g/mol. The molecule has 0 aliphatic carbocycles. The number of rotatable bonds is 8. The molecule has 0 aliphatic rings. The van der Waals surface area contributed by atoms with Crippen molar-refractivity contribution in [3.05, 3.63) is 112 Å². The van der Waals surface area contributed by atoms with Crippen LogP contribution in [0.3, 0.4) is 0 Å². The van der Waals surface area contributed by atoms with E-state index < -0.39 is 5.97 Å². The maximum absolute atomic E-state index is 10.0. The van der Waals surface area contributed by atoms with Crippen LogP contribution in [0.15, 0.2) is 90.4 Å². The number of ether oxygens (including phenoxy) is 1. The van der Waals surface area contributed by atoms with E-state index in [1.807, 2.05) is 67.6 Å². The summed E-state index contributed by atoms with van der Waals surface area (Å²) in [5.41, 5.74) is 5.13. The van der Waals surface area contributed by atoms with Gasteiger partial charge < -0.3 is 9.84 Å². The number of benzene rings is 3. The van der Waals surface area contributed by atoms with Crippen molar-refractivity contribution in [2.24, 2.45) is 4.99 Å². The fourth-order valence-electron chi connectivity index (χ4n) is 3.23. The molecule has 0 saturated carbocycles. The third kappa shape index (κ3) is 11.4. The highest BCUT2D eigenvalue weighted by atomic mass is 35.5. The van der Waals surface area contributed by atoms with Crippen molar-refractivity contribution in [3.63, 3.8) is 0 Å². The van der Waals surface area contributed by atoms with Gasteiger partial charge in [-0.1, -0.05) is 118 Å².